The monoisotopic (exact) mass is 954 g/mol. The van der Waals surface area contributed by atoms with Gasteiger partial charge in [0.05, 0.1) is 16.7 Å². The molecule has 0 amide bonds. The Balaban J connectivity index is 0.837. The molecule has 0 saturated carbocycles. The predicted octanol–water partition coefficient (Wildman–Crippen LogP) is 20.3. The van der Waals surface area contributed by atoms with Gasteiger partial charge in [-0.3, -0.25) is 0 Å². The van der Waals surface area contributed by atoms with Crippen molar-refractivity contribution in [1.29, 1.82) is 0 Å². The van der Waals surface area contributed by atoms with E-state index >= 15 is 0 Å². The van der Waals surface area contributed by atoms with Gasteiger partial charge in [-0.15, -0.1) is 0 Å². The fraction of sp³-hybridized carbons (Fsp3) is 0. The average molecular weight is 955 g/mol. The maximum atomic E-state index is 6.97. The minimum atomic E-state index is 0.879. The molecular weight excluding hydrogens is 909 g/mol. The highest BCUT2D eigenvalue weighted by atomic mass is 16.3. The van der Waals surface area contributed by atoms with Gasteiger partial charge < -0.3 is 13.9 Å². The molecule has 3 nitrogen and oxygen atoms in total. The number of nitrogens with zero attached hydrogens (tertiary/aromatic N) is 2. The molecule has 2 aromatic heterocycles. The Bertz CT molecular complexity index is 4660. The van der Waals surface area contributed by atoms with Gasteiger partial charge in [-0.1, -0.05) is 206 Å². The van der Waals surface area contributed by atoms with Crippen molar-refractivity contribution < 1.29 is 4.42 Å². The average Bonchev–Trinajstić information content (AvgIpc) is 4.04. The standard InChI is InChI=1S/C72H46N2O/c1-3-20-59-49(14-1)30-31-55-45-54(37-42-60(55)59)52-17-11-16-51(44-52)47-32-38-56(39-33-47)73(68-27-8-7-24-64(68)65-25-13-26-66-67-43-36-50-15-2-4-21-61(50)71(67)75-72(65)66)57-40-34-48(35-41-57)53-18-12-19-58(46-53)74-69-28-9-5-22-62(69)63-23-6-10-29-70(63)74/h1-46H. The number of rotatable bonds is 8. The van der Waals surface area contributed by atoms with Crippen molar-refractivity contribution in [1.82, 2.24) is 4.57 Å². The quantitative estimate of drug-likeness (QED) is 0.142. The van der Waals surface area contributed by atoms with Crippen molar-refractivity contribution in [2.45, 2.75) is 0 Å². The molecule has 2 heterocycles. The van der Waals surface area contributed by atoms with Crippen LogP contribution in [0.4, 0.5) is 17.1 Å². The molecule has 0 radical (unpaired) electrons. The zero-order valence-electron chi connectivity index (χ0n) is 40.9. The predicted molar refractivity (Wildman–Crippen MR) is 317 cm³/mol. The molecule has 75 heavy (non-hydrogen) atoms. The van der Waals surface area contributed by atoms with Gasteiger partial charge in [0.25, 0.3) is 0 Å². The molecule has 0 fully saturated rings. The van der Waals surface area contributed by atoms with Crippen LogP contribution in [-0.2, 0) is 0 Å². The number of para-hydroxylation sites is 4. The molecule has 3 heteroatoms. The lowest BCUT2D eigenvalue weighted by Gasteiger charge is -2.28. The van der Waals surface area contributed by atoms with Gasteiger partial charge in [0.15, 0.2) is 0 Å². The fourth-order valence-corrected chi connectivity index (χ4v) is 11.8. The van der Waals surface area contributed by atoms with Crippen LogP contribution < -0.4 is 4.90 Å². The highest BCUT2D eigenvalue weighted by Gasteiger charge is 2.22. The van der Waals surface area contributed by atoms with E-state index in [0.717, 1.165) is 83.3 Å². The van der Waals surface area contributed by atoms with Crippen molar-refractivity contribution in [2.24, 2.45) is 0 Å². The van der Waals surface area contributed by atoms with Gasteiger partial charge in [-0.25, -0.2) is 0 Å². The number of benzene rings is 13. The van der Waals surface area contributed by atoms with E-state index in [0.29, 0.717) is 0 Å². The molecular formula is C72H46N2O. The van der Waals surface area contributed by atoms with E-state index in [4.69, 9.17) is 4.42 Å². The number of hydrogen-bond donors (Lipinski definition) is 0. The van der Waals surface area contributed by atoms with Crippen LogP contribution in [0.3, 0.4) is 0 Å². The molecule has 0 aliphatic heterocycles. The normalized spacial score (nSPS) is 11.7. The molecule has 350 valence electrons. The van der Waals surface area contributed by atoms with Crippen LogP contribution in [0, 0.1) is 0 Å². The number of anilines is 3. The van der Waals surface area contributed by atoms with Crippen molar-refractivity contribution in [3.8, 4) is 50.2 Å². The summed E-state index contributed by atoms with van der Waals surface area (Å²) in [7, 11) is 0. The van der Waals surface area contributed by atoms with E-state index < -0.39 is 0 Å². The lowest BCUT2D eigenvalue weighted by molar-refractivity contribution is 0.674. The van der Waals surface area contributed by atoms with Gasteiger partial charge in [0.2, 0.25) is 0 Å². The van der Waals surface area contributed by atoms with E-state index in [9.17, 15) is 0 Å². The highest BCUT2D eigenvalue weighted by Crippen LogP contribution is 2.46. The minimum absolute atomic E-state index is 0.879. The van der Waals surface area contributed by atoms with E-state index in [-0.39, 0.29) is 0 Å². The van der Waals surface area contributed by atoms with Gasteiger partial charge in [0, 0.05) is 55.1 Å². The van der Waals surface area contributed by atoms with Gasteiger partial charge >= 0.3 is 0 Å². The van der Waals surface area contributed by atoms with Crippen LogP contribution in [0.2, 0.25) is 0 Å². The van der Waals surface area contributed by atoms with Gasteiger partial charge in [-0.2, -0.15) is 0 Å². The number of fused-ring (bicyclic) bond motifs is 11. The molecule has 0 saturated heterocycles. The fourth-order valence-electron chi connectivity index (χ4n) is 11.8. The molecule has 0 bridgehead atoms. The first-order chi connectivity index (χ1) is 37.2. The second-order valence-corrected chi connectivity index (χ2v) is 19.6. The van der Waals surface area contributed by atoms with Crippen LogP contribution in [0.15, 0.2) is 283 Å². The summed E-state index contributed by atoms with van der Waals surface area (Å²) in [6.07, 6.45) is 0. The summed E-state index contributed by atoms with van der Waals surface area (Å²) in [5, 5.41) is 12.1. The molecule has 0 atom stereocenters. The Morgan fingerprint density at radius 3 is 1.47 bits per heavy atom. The maximum absolute atomic E-state index is 6.97. The lowest BCUT2D eigenvalue weighted by Crippen LogP contribution is -2.11. The van der Waals surface area contributed by atoms with Crippen LogP contribution in [0.5, 0.6) is 0 Å². The third-order valence-electron chi connectivity index (χ3n) is 15.4. The molecule has 0 aliphatic rings. The first kappa shape index (κ1) is 42.7. The Morgan fingerprint density at radius 2 is 0.733 bits per heavy atom. The molecule has 13 aromatic carbocycles. The van der Waals surface area contributed by atoms with Crippen molar-refractivity contribution >= 4 is 93.1 Å². The molecule has 0 N–H and O–H groups in total. The molecule has 0 aliphatic carbocycles. The summed E-state index contributed by atoms with van der Waals surface area (Å²) in [5.41, 5.74) is 17.6. The van der Waals surface area contributed by atoms with E-state index in [1.807, 2.05) is 0 Å². The zero-order valence-corrected chi connectivity index (χ0v) is 40.9. The van der Waals surface area contributed by atoms with Crippen molar-refractivity contribution in [3.05, 3.63) is 279 Å². The van der Waals surface area contributed by atoms with E-state index in [1.54, 1.807) is 0 Å². The van der Waals surface area contributed by atoms with Crippen LogP contribution in [-0.4, -0.2) is 4.57 Å². The maximum Gasteiger partial charge on any atom is 0.143 e. The first-order valence-electron chi connectivity index (χ1n) is 25.7. The number of aromatic nitrogens is 1. The van der Waals surface area contributed by atoms with Crippen molar-refractivity contribution in [3.63, 3.8) is 0 Å². The van der Waals surface area contributed by atoms with Gasteiger partial charge in [-0.05, 0) is 133 Å². The third-order valence-corrected chi connectivity index (χ3v) is 15.4. The lowest BCUT2D eigenvalue weighted by atomic mass is 9.95. The summed E-state index contributed by atoms with van der Waals surface area (Å²) in [6, 6.07) is 101. The molecule has 0 spiro atoms. The van der Waals surface area contributed by atoms with Crippen LogP contribution in [0.25, 0.3) is 126 Å². The summed E-state index contributed by atoms with van der Waals surface area (Å²) in [5.74, 6) is 0. The largest absolute Gasteiger partial charge is 0.455 e. The van der Waals surface area contributed by atoms with Crippen LogP contribution >= 0.6 is 0 Å². The second kappa shape index (κ2) is 17.4. The molecule has 15 rings (SSSR count). The van der Waals surface area contributed by atoms with Gasteiger partial charge in [0.1, 0.15) is 11.2 Å². The van der Waals surface area contributed by atoms with Crippen molar-refractivity contribution in [2.75, 3.05) is 4.90 Å². The summed E-state index contributed by atoms with van der Waals surface area (Å²) in [6.45, 7) is 0. The Hall–Kier alpha value is -9.96. The molecule has 0 unspecified atom stereocenters. The second-order valence-electron chi connectivity index (χ2n) is 19.6. The zero-order chi connectivity index (χ0) is 49.4. The summed E-state index contributed by atoms with van der Waals surface area (Å²) < 4.78 is 9.36. The number of furan rings is 1. The summed E-state index contributed by atoms with van der Waals surface area (Å²) in [4.78, 5) is 2.39. The summed E-state index contributed by atoms with van der Waals surface area (Å²) >= 11 is 0. The Kier molecular flexibility index (Phi) is 9.89. The highest BCUT2D eigenvalue weighted by molar-refractivity contribution is 6.18. The Labute approximate surface area is 434 Å². The first-order valence-corrected chi connectivity index (χ1v) is 25.7. The minimum Gasteiger partial charge on any atom is -0.455 e. The third kappa shape index (κ3) is 7.12. The molecule has 15 aromatic rings. The smallest absolute Gasteiger partial charge is 0.143 e. The Morgan fingerprint density at radius 1 is 0.267 bits per heavy atom. The topological polar surface area (TPSA) is 21.3 Å². The van der Waals surface area contributed by atoms with E-state index in [1.165, 1.54) is 60.0 Å². The number of hydrogen-bond acceptors (Lipinski definition) is 2. The van der Waals surface area contributed by atoms with E-state index in [2.05, 4.69) is 289 Å². The SMILES string of the molecule is c1cc(-c2ccc(N(c3ccc(-c4cccc(-n5c6ccccc6c6ccccc65)c4)cc3)c3ccccc3-c3cccc4c3oc3c5ccccc5ccc43)cc2)cc(-c2ccc3c(ccc4ccccc43)c2)c1. The van der Waals surface area contributed by atoms with Crippen LogP contribution in [0.1, 0.15) is 0 Å².